The van der Waals surface area contributed by atoms with Crippen molar-refractivity contribution in [1.82, 2.24) is 5.32 Å². The number of rotatable bonds is 1. The van der Waals surface area contributed by atoms with Crippen LogP contribution in [0.5, 0.6) is 0 Å². The molecule has 0 amide bonds. The van der Waals surface area contributed by atoms with Crippen molar-refractivity contribution in [3.63, 3.8) is 0 Å². The first kappa shape index (κ1) is 8.21. The molecule has 0 bridgehead atoms. The Morgan fingerprint density at radius 3 is 2.12 bits per heavy atom. The Hall–Kier alpha value is 0.210. The van der Waals surface area contributed by atoms with Crippen LogP contribution in [0.4, 0.5) is 0 Å². The van der Waals surface area contributed by atoms with E-state index in [1.165, 1.54) is 0 Å². The summed E-state index contributed by atoms with van der Waals surface area (Å²) in [6, 6.07) is 0. The molecule has 0 atom stereocenters. The van der Waals surface area contributed by atoms with E-state index in [-0.39, 0.29) is 12.4 Å². The molecule has 1 fully saturated rings. The van der Waals surface area contributed by atoms with E-state index >= 15 is 0 Å². The van der Waals surface area contributed by atoms with Crippen molar-refractivity contribution in [3.8, 4) is 0 Å². The highest BCUT2D eigenvalue weighted by Gasteiger charge is 2.29. The zero-order valence-corrected chi connectivity index (χ0v) is 5.92. The zero-order valence-electron chi connectivity index (χ0n) is 5.11. The smallest absolute Gasteiger partial charge is 0.00467 e. The van der Waals surface area contributed by atoms with Gasteiger partial charge in [-0.3, -0.25) is 0 Å². The Kier molecular flexibility index (Phi) is 2.74. The van der Waals surface area contributed by atoms with Crippen LogP contribution in [0, 0.1) is 5.41 Å². The minimum absolute atomic E-state index is 0. The number of hydrogen-bond donors (Lipinski definition) is 2. The third-order valence-electron chi connectivity index (χ3n) is 1.60. The van der Waals surface area contributed by atoms with Crippen molar-refractivity contribution < 1.29 is 0 Å². The first-order valence-corrected chi connectivity index (χ1v) is 2.68. The number of nitrogens with two attached hydrogens (primary N) is 1. The molecule has 8 heavy (non-hydrogen) atoms. The molecule has 3 heteroatoms. The van der Waals surface area contributed by atoms with E-state index in [9.17, 15) is 0 Å². The SMILES string of the molecule is CC1(CN)CNC1.Cl. The Morgan fingerprint density at radius 1 is 1.62 bits per heavy atom. The van der Waals surface area contributed by atoms with Crippen LogP contribution >= 0.6 is 12.4 Å². The minimum atomic E-state index is 0. The summed E-state index contributed by atoms with van der Waals surface area (Å²) in [6.45, 7) is 5.22. The largest absolute Gasteiger partial charge is 0.330 e. The van der Waals surface area contributed by atoms with Crippen LogP contribution in [0.2, 0.25) is 0 Å². The molecule has 0 unspecified atom stereocenters. The third kappa shape index (κ3) is 1.34. The molecule has 0 saturated carbocycles. The maximum atomic E-state index is 5.43. The van der Waals surface area contributed by atoms with Crippen LogP contribution in [-0.2, 0) is 0 Å². The number of hydrogen-bond acceptors (Lipinski definition) is 2. The Labute approximate surface area is 56.2 Å². The molecule has 50 valence electrons. The van der Waals surface area contributed by atoms with Crippen molar-refractivity contribution in [2.45, 2.75) is 6.92 Å². The second-order valence-corrected chi connectivity index (χ2v) is 2.62. The second-order valence-electron chi connectivity index (χ2n) is 2.62. The molecule has 0 aromatic heterocycles. The lowest BCUT2D eigenvalue weighted by Crippen LogP contribution is -2.55. The molecule has 3 N–H and O–H groups in total. The van der Waals surface area contributed by atoms with Crippen LogP contribution in [0.25, 0.3) is 0 Å². The second kappa shape index (κ2) is 2.67. The van der Waals surface area contributed by atoms with E-state index in [1.807, 2.05) is 0 Å². The molecule has 1 saturated heterocycles. The van der Waals surface area contributed by atoms with Gasteiger partial charge < -0.3 is 11.1 Å². The number of nitrogens with one attached hydrogen (secondary N) is 1. The Bertz CT molecular complexity index is 65.3. The van der Waals surface area contributed by atoms with E-state index in [4.69, 9.17) is 5.73 Å². The first-order valence-electron chi connectivity index (χ1n) is 2.68. The average Bonchev–Trinajstić information content (AvgIpc) is 1.61. The average molecular weight is 137 g/mol. The zero-order chi connectivity index (χ0) is 5.33. The summed E-state index contributed by atoms with van der Waals surface area (Å²) < 4.78 is 0. The van der Waals surface area contributed by atoms with Crippen LogP contribution in [0.15, 0.2) is 0 Å². The molecular weight excluding hydrogens is 124 g/mol. The highest BCUT2D eigenvalue weighted by molar-refractivity contribution is 5.85. The van der Waals surface area contributed by atoms with E-state index < -0.39 is 0 Å². The quantitative estimate of drug-likeness (QED) is 0.532. The van der Waals surface area contributed by atoms with E-state index in [0.717, 1.165) is 19.6 Å². The molecule has 0 aromatic carbocycles. The summed E-state index contributed by atoms with van der Waals surface area (Å²) in [6.07, 6.45) is 0. The van der Waals surface area contributed by atoms with Crippen molar-refractivity contribution >= 4 is 12.4 Å². The fraction of sp³-hybridized carbons (Fsp3) is 1.00. The van der Waals surface area contributed by atoms with Gasteiger partial charge in [0, 0.05) is 25.0 Å². The molecule has 0 radical (unpaired) electrons. The predicted octanol–water partition coefficient (Wildman–Crippen LogP) is -0.0236. The molecule has 1 aliphatic rings. The summed E-state index contributed by atoms with van der Waals surface area (Å²) in [7, 11) is 0. The molecule has 0 aromatic rings. The van der Waals surface area contributed by atoms with Crippen LogP contribution in [0.3, 0.4) is 0 Å². The molecular formula is C5H13ClN2. The highest BCUT2D eigenvalue weighted by atomic mass is 35.5. The fourth-order valence-electron chi connectivity index (χ4n) is 0.696. The maximum Gasteiger partial charge on any atom is 0.00467 e. The van der Waals surface area contributed by atoms with Crippen molar-refractivity contribution in [2.75, 3.05) is 19.6 Å². The summed E-state index contributed by atoms with van der Waals surface area (Å²) in [4.78, 5) is 0. The fourth-order valence-corrected chi connectivity index (χ4v) is 0.696. The van der Waals surface area contributed by atoms with Gasteiger partial charge in [-0.2, -0.15) is 0 Å². The van der Waals surface area contributed by atoms with Gasteiger partial charge >= 0.3 is 0 Å². The number of halogens is 1. The van der Waals surface area contributed by atoms with Gasteiger partial charge in [-0.05, 0) is 0 Å². The molecule has 1 heterocycles. The minimum Gasteiger partial charge on any atom is -0.330 e. The van der Waals surface area contributed by atoms with Gasteiger partial charge in [-0.25, -0.2) is 0 Å². The molecule has 0 aliphatic carbocycles. The van der Waals surface area contributed by atoms with Gasteiger partial charge in [0.2, 0.25) is 0 Å². The Balaban J connectivity index is 0.000000490. The molecule has 1 aliphatic heterocycles. The van der Waals surface area contributed by atoms with Crippen molar-refractivity contribution in [3.05, 3.63) is 0 Å². The predicted molar refractivity (Wildman–Crippen MR) is 37.3 cm³/mol. The van der Waals surface area contributed by atoms with Gasteiger partial charge in [-0.15, -0.1) is 12.4 Å². The van der Waals surface area contributed by atoms with Gasteiger partial charge in [0.15, 0.2) is 0 Å². The van der Waals surface area contributed by atoms with Gasteiger partial charge in [0.25, 0.3) is 0 Å². The molecule has 0 spiro atoms. The van der Waals surface area contributed by atoms with Gasteiger partial charge in [0.1, 0.15) is 0 Å². The van der Waals surface area contributed by atoms with Crippen molar-refractivity contribution in [2.24, 2.45) is 11.1 Å². The third-order valence-corrected chi connectivity index (χ3v) is 1.60. The molecule has 1 rings (SSSR count). The van der Waals surface area contributed by atoms with Crippen LogP contribution in [-0.4, -0.2) is 19.6 Å². The standard InChI is InChI=1S/C5H12N2.ClH/c1-5(2-6)3-7-4-5;/h7H,2-4,6H2,1H3;1H. The summed E-state index contributed by atoms with van der Waals surface area (Å²) in [5, 5.41) is 3.17. The topological polar surface area (TPSA) is 38.0 Å². The lowest BCUT2D eigenvalue weighted by molar-refractivity contribution is 0.207. The van der Waals surface area contributed by atoms with Crippen LogP contribution < -0.4 is 11.1 Å². The van der Waals surface area contributed by atoms with Gasteiger partial charge in [-0.1, -0.05) is 6.92 Å². The highest BCUT2D eigenvalue weighted by Crippen LogP contribution is 2.17. The van der Waals surface area contributed by atoms with Crippen LogP contribution in [0.1, 0.15) is 6.92 Å². The van der Waals surface area contributed by atoms with Crippen molar-refractivity contribution in [1.29, 1.82) is 0 Å². The Morgan fingerprint density at radius 2 is 2.12 bits per heavy atom. The first-order chi connectivity index (χ1) is 3.27. The van der Waals surface area contributed by atoms with E-state index in [2.05, 4.69) is 12.2 Å². The van der Waals surface area contributed by atoms with E-state index in [1.54, 1.807) is 0 Å². The summed E-state index contributed by atoms with van der Waals surface area (Å²) >= 11 is 0. The molecule has 2 nitrogen and oxygen atoms in total. The lowest BCUT2D eigenvalue weighted by Gasteiger charge is -2.37. The summed E-state index contributed by atoms with van der Waals surface area (Å²) in [5.74, 6) is 0. The van der Waals surface area contributed by atoms with Gasteiger partial charge in [0.05, 0.1) is 0 Å². The normalized spacial score (nSPS) is 23.2. The maximum absolute atomic E-state index is 5.43. The van der Waals surface area contributed by atoms with E-state index in [0.29, 0.717) is 5.41 Å². The lowest BCUT2D eigenvalue weighted by atomic mass is 9.85. The monoisotopic (exact) mass is 136 g/mol. The summed E-state index contributed by atoms with van der Waals surface area (Å²) in [5.41, 5.74) is 5.86.